The molecule has 138 valence electrons. The van der Waals surface area contributed by atoms with E-state index in [4.69, 9.17) is 4.74 Å². The van der Waals surface area contributed by atoms with Crippen LogP contribution >= 0.6 is 0 Å². The summed E-state index contributed by atoms with van der Waals surface area (Å²) in [5.74, 6) is -0.0415. The molecule has 0 aromatic carbocycles. The molecule has 0 bridgehead atoms. The van der Waals surface area contributed by atoms with Gasteiger partial charge in [-0.05, 0) is 39.0 Å². The van der Waals surface area contributed by atoms with E-state index in [-0.39, 0.29) is 32.5 Å². The molecule has 0 N–H and O–H groups in total. The van der Waals surface area contributed by atoms with Crippen molar-refractivity contribution in [2.24, 2.45) is 0 Å². The molecular weight excluding hydrogens is 481 g/mol. The van der Waals surface area contributed by atoms with Crippen molar-refractivity contribution in [3.63, 3.8) is 0 Å². The first-order valence-electron chi connectivity index (χ1n) is 9.61. The summed E-state index contributed by atoms with van der Waals surface area (Å²) in [5.41, 5.74) is 0. The molecule has 0 aliphatic rings. The first-order valence-corrected chi connectivity index (χ1v) is 9.61. The van der Waals surface area contributed by atoms with Crippen LogP contribution in [0.2, 0.25) is 0 Å². The average molecular weight is 522 g/mol. The van der Waals surface area contributed by atoms with Gasteiger partial charge < -0.3 is 4.74 Å². The molecule has 0 amide bonds. The zero-order valence-electron chi connectivity index (χ0n) is 15.6. The normalized spacial score (nSPS) is 10.7. The SMILES string of the molecule is CCCCCCCC/C=C\CCCCCCCC(=O)OCC.[PoH2]. The molecule has 0 fully saturated rings. The Hall–Kier alpha value is 0.106. The molecule has 0 aromatic rings. The molecular formula is C20H40O2Po. The van der Waals surface area contributed by atoms with E-state index in [0.717, 1.165) is 12.8 Å². The zero-order chi connectivity index (χ0) is 16.3. The Balaban J connectivity index is 0. The van der Waals surface area contributed by atoms with Crippen molar-refractivity contribution in [3.8, 4) is 0 Å². The number of carbonyl (C=O) groups excluding carboxylic acids is 1. The van der Waals surface area contributed by atoms with E-state index >= 15 is 0 Å². The molecule has 0 atom stereocenters. The van der Waals surface area contributed by atoms with Crippen molar-refractivity contribution < 1.29 is 9.53 Å². The van der Waals surface area contributed by atoms with Crippen LogP contribution in [0.5, 0.6) is 0 Å². The van der Waals surface area contributed by atoms with Gasteiger partial charge in [0.15, 0.2) is 0 Å². The van der Waals surface area contributed by atoms with Crippen LogP contribution in [0.4, 0.5) is 0 Å². The van der Waals surface area contributed by atoms with Crippen LogP contribution in [0.1, 0.15) is 104 Å². The zero-order valence-corrected chi connectivity index (χ0v) is 19.5. The van der Waals surface area contributed by atoms with Gasteiger partial charge in [0, 0.05) is 6.42 Å². The Labute approximate surface area is 164 Å². The number of hydrogen-bond acceptors (Lipinski definition) is 2. The van der Waals surface area contributed by atoms with Gasteiger partial charge in [0.1, 0.15) is 0 Å². The van der Waals surface area contributed by atoms with E-state index in [2.05, 4.69) is 19.1 Å². The molecule has 0 radical (unpaired) electrons. The monoisotopic (exact) mass is 521 g/mol. The molecule has 0 aliphatic heterocycles. The fourth-order valence-electron chi connectivity index (χ4n) is 2.57. The summed E-state index contributed by atoms with van der Waals surface area (Å²) >= 11 is 0. The second-order valence-corrected chi connectivity index (χ2v) is 6.14. The van der Waals surface area contributed by atoms with Crippen LogP contribution in [0, 0.1) is 0 Å². The van der Waals surface area contributed by atoms with Gasteiger partial charge in [0.2, 0.25) is 0 Å². The molecule has 0 unspecified atom stereocenters. The second-order valence-electron chi connectivity index (χ2n) is 6.14. The van der Waals surface area contributed by atoms with Gasteiger partial charge in [-0.15, -0.1) is 0 Å². The van der Waals surface area contributed by atoms with E-state index < -0.39 is 0 Å². The molecule has 0 saturated carbocycles. The topological polar surface area (TPSA) is 26.3 Å². The Bertz CT molecular complexity index is 264. The van der Waals surface area contributed by atoms with E-state index in [1.807, 2.05) is 6.92 Å². The third-order valence-corrected chi connectivity index (χ3v) is 3.95. The number of ether oxygens (including phenoxy) is 1. The number of carbonyl (C=O) groups is 1. The first kappa shape index (κ1) is 25.3. The minimum absolute atomic E-state index is 0. The molecule has 0 rings (SSSR count). The van der Waals surface area contributed by atoms with Crippen molar-refractivity contribution >= 4 is 32.5 Å². The van der Waals surface area contributed by atoms with Crippen LogP contribution in [0.25, 0.3) is 0 Å². The molecule has 0 aromatic heterocycles. The molecule has 0 heterocycles. The predicted molar refractivity (Wildman–Crippen MR) is 105 cm³/mol. The van der Waals surface area contributed by atoms with Crippen molar-refractivity contribution in [2.45, 2.75) is 104 Å². The van der Waals surface area contributed by atoms with E-state index in [0.29, 0.717) is 13.0 Å². The summed E-state index contributed by atoms with van der Waals surface area (Å²) in [6.45, 7) is 4.63. The average Bonchev–Trinajstić information content (AvgIpc) is 2.51. The van der Waals surface area contributed by atoms with Gasteiger partial charge in [0.25, 0.3) is 0 Å². The summed E-state index contributed by atoms with van der Waals surface area (Å²) in [7, 11) is 0. The molecule has 0 saturated heterocycles. The van der Waals surface area contributed by atoms with Gasteiger partial charge in [0.05, 0.1) is 6.61 Å². The number of rotatable bonds is 16. The van der Waals surface area contributed by atoms with Crippen LogP contribution in [0.15, 0.2) is 12.2 Å². The number of unbranched alkanes of at least 4 members (excludes halogenated alkanes) is 11. The van der Waals surface area contributed by atoms with Crippen LogP contribution in [-0.2, 0) is 9.53 Å². The van der Waals surface area contributed by atoms with Crippen molar-refractivity contribution in [1.29, 1.82) is 0 Å². The van der Waals surface area contributed by atoms with E-state index in [1.54, 1.807) is 0 Å². The standard InChI is InChI=1S/C20H38O2.Po.2H/c1-3-5-6-7-8-9-10-11-12-13-14-15-16-17-18-19-20(21)22-4-2;;;/h11-12H,3-10,13-19H2,1-2H3;;;/b12-11-;;;. The summed E-state index contributed by atoms with van der Waals surface area (Å²) in [5, 5.41) is 0. The molecule has 2 nitrogen and oxygen atoms in total. The van der Waals surface area contributed by atoms with E-state index in [9.17, 15) is 4.79 Å². The number of allylic oxidation sites excluding steroid dienone is 2. The van der Waals surface area contributed by atoms with E-state index in [1.165, 1.54) is 70.6 Å². The fraction of sp³-hybridized carbons (Fsp3) is 0.850. The predicted octanol–water partition coefficient (Wildman–Crippen LogP) is 5.67. The third kappa shape index (κ3) is 22.1. The summed E-state index contributed by atoms with van der Waals surface area (Å²) in [6.07, 6.45) is 22.0. The van der Waals surface area contributed by atoms with Crippen molar-refractivity contribution in [3.05, 3.63) is 12.2 Å². The van der Waals surface area contributed by atoms with Gasteiger partial charge >= 0.3 is 32.5 Å². The fourth-order valence-corrected chi connectivity index (χ4v) is 2.57. The van der Waals surface area contributed by atoms with Crippen LogP contribution < -0.4 is 0 Å². The number of esters is 1. The molecule has 23 heavy (non-hydrogen) atoms. The first-order chi connectivity index (χ1) is 10.8. The second kappa shape index (κ2) is 22.1. The number of hydrogen-bond donors (Lipinski definition) is 0. The van der Waals surface area contributed by atoms with Crippen molar-refractivity contribution in [2.75, 3.05) is 6.61 Å². The summed E-state index contributed by atoms with van der Waals surface area (Å²) in [6, 6.07) is 0. The van der Waals surface area contributed by atoms with Crippen molar-refractivity contribution in [1.82, 2.24) is 0 Å². The van der Waals surface area contributed by atoms with Gasteiger partial charge in [-0.3, -0.25) is 4.79 Å². The summed E-state index contributed by atoms with van der Waals surface area (Å²) < 4.78 is 4.91. The quantitative estimate of drug-likeness (QED) is 0.149. The maximum atomic E-state index is 11.1. The maximum absolute atomic E-state index is 11.1. The molecule has 3 heteroatoms. The minimum atomic E-state index is -0.0415. The van der Waals surface area contributed by atoms with Gasteiger partial charge in [-0.25, -0.2) is 0 Å². The van der Waals surface area contributed by atoms with Gasteiger partial charge in [-0.1, -0.05) is 70.4 Å². The van der Waals surface area contributed by atoms with Crippen LogP contribution in [-0.4, -0.2) is 39.1 Å². The summed E-state index contributed by atoms with van der Waals surface area (Å²) in [4.78, 5) is 11.1. The Morgan fingerprint density at radius 2 is 1.22 bits per heavy atom. The Morgan fingerprint density at radius 1 is 0.739 bits per heavy atom. The molecule has 0 spiro atoms. The molecule has 0 aliphatic carbocycles. The van der Waals surface area contributed by atoms with Crippen LogP contribution in [0.3, 0.4) is 0 Å². The Kier molecular flexibility index (Phi) is 24.4. The third-order valence-electron chi connectivity index (χ3n) is 3.95. The Morgan fingerprint density at radius 3 is 1.74 bits per heavy atom. The van der Waals surface area contributed by atoms with Gasteiger partial charge in [-0.2, -0.15) is 0 Å².